The van der Waals surface area contributed by atoms with Crippen LogP contribution in [0.4, 0.5) is 0 Å². The summed E-state index contributed by atoms with van der Waals surface area (Å²) in [6.07, 6.45) is 1.81. The monoisotopic (exact) mass is 409 g/mol. The van der Waals surface area contributed by atoms with Crippen LogP contribution in [-0.4, -0.2) is 47.2 Å². The largest absolute Gasteiger partial charge is 0.508 e. The van der Waals surface area contributed by atoms with Gasteiger partial charge in [-0.1, -0.05) is 25.1 Å². The first-order chi connectivity index (χ1) is 14.3. The summed E-state index contributed by atoms with van der Waals surface area (Å²) >= 11 is 0. The lowest BCUT2D eigenvalue weighted by molar-refractivity contribution is 0.0358. The molecule has 2 bridgehead atoms. The van der Waals surface area contributed by atoms with Crippen LogP contribution in [0.25, 0.3) is 0 Å². The Labute approximate surface area is 177 Å². The standard InChI is InChI=1S/C24H31N3O3/c1-15-21-13-18-7-8-19(28)14-20(18)24(15,10-12-27(21)2)9-11-26-23(30)17-5-3-16(4-6-17)22(25)29/h3-8,14-15,21-22,28-29H,9-13,25H2,1-2H3,(H,26,30)/t15-,21+,22?,24+/m0/s1. The molecule has 6 nitrogen and oxygen atoms in total. The number of hydrogen-bond donors (Lipinski definition) is 4. The van der Waals surface area contributed by atoms with Crippen molar-refractivity contribution < 1.29 is 15.0 Å². The third-order valence-electron chi connectivity index (χ3n) is 7.36. The maximum atomic E-state index is 12.6. The fourth-order valence-corrected chi connectivity index (χ4v) is 5.48. The Balaban J connectivity index is 1.51. The molecule has 6 heteroatoms. The van der Waals surface area contributed by atoms with E-state index in [0.29, 0.717) is 35.4 Å². The van der Waals surface area contributed by atoms with Crippen molar-refractivity contribution in [3.8, 4) is 5.75 Å². The number of rotatable bonds is 5. The number of phenols is 1. The number of hydrogen-bond acceptors (Lipinski definition) is 5. The molecule has 0 radical (unpaired) electrons. The van der Waals surface area contributed by atoms with Gasteiger partial charge in [0.05, 0.1) is 0 Å². The van der Waals surface area contributed by atoms with Crippen LogP contribution in [0.2, 0.25) is 0 Å². The summed E-state index contributed by atoms with van der Waals surface area (Å²) < 4.78 is 0. The molecule has 2 aromatic rings. The molecule has 1 saturated heterocycles. The molecule has 1 aliphatic heterocycles. The van der Waals surface area contributed by atoms with Crippen molar-refractivity contribution in [3.63, 3.8) is 0 Å². The highest BCUT2D eigenvalue weighted by molar-refractivity contribution is 5.94. The third-order valence-corrected chi connectivity index (χ3v) is 7.36. The topological polar surface area (TPSA) is 98.8 Å². The van der Waals surface area contributed by atoms with E-state index in [1.165, 1.54) is 11.1 Å². The summed E-state index contributed by atoms with van der Waals surface area (Å²) in [5, 5.41) is 22.6. The minimum Gasteiger partial charge on any atom is -0.508 e. The van der Waals surface area contributed by atoms with Gasteiger partial charge in [0, 0.05) is 23.6 Å². The molecule has 1 heterocycles. The Morgan fingerprint density at radius 1 is 1.30 bits per heavy atom. The number of likely N-dealkylation sites (N-methyl/N-ethyl adjacent to an activating group) is 1. The van der Waals surface area contributed by atoms with Crippen molar-refractivity contribution in [2.45, 2.75) is 43.9 Å². The summed E-state index contributed by atoms with van der Waals surface area (Å²) in [4.78, 5) is 15.1. The molecule has 1 fully saturated rings. The van der Waals surface area contributed by atoms with Crippen LogP contribution < -0.4 is 11.1 Å². The first-order valence-electron chi connectivity index (χ1n) is 10.7. The molecule has 1 aliphatic carbocycles. The molecule has 30 heavy (non-hydrogen) atoms. The van der Waals surface area contributed by atoms with E-state index < -0.39 is 6.23 Å². The Hall–Kier alpha value is -2.41. The van der Waals surface area contributed by atoms with Gasteiger partial charge in [0.25, 0.3) is 5.91 Å². The number of carbonyl (C=O) groups excluding carboxylic acids is 1. The third kappa shape index (κ3) is 3.60. The highest BCUT2D eigenvalue weighted by Crippen LogP contribution is 2.51. The predicted molar refractivity (Wildman–Crippen MR) is 116 cm³/mol. The number of aliphatic hydroxyl groups excluding tert-OH is 1. The normalized spacial score (nSPS) is 26.7. The van der Waals surface area contributed by atoms with E-state index in [4.69, 9.17) is 5.73 Å². The number of benzene rings is 2. The van der Waals surface area contributed by atoms with E-state index in [1.807, 2.05) is 6.07 Å². The van der Waals surface area contributed by atoms with Crippen molar-refractivity contribution in [3.05, 3.63) is 64.7 Å². The highest BCUT2D eigenvalue weighted by Gasteiger charge is 2.50. The van der Waals surface area contributed by atoms with Gasteiger partial charge in [0.15, 0.2) is 0 Å². The first-order valence-corrected chi connectivity index (χ1v) is 10.7. The number of piperidine rings is 1. The van der Waals surface area contributed by atoms with E-state index >= 15 is 0 Å². The van der Waals surface area contributed by atoms with Gasteiger partial charge in [-0.2, -0.15) is 0 Å². The van der Waals surface area contributed by atoms with E-state index in [2.05, 4.69) is 30.3 Å². The molecule has 1 amide bonds. The van der Waals surface area contributed by atoms with Crippen molar-refractivity contribution in [2.75, 3.05) is 20.1 Å². The lowest BCUT2D eigenvalue weighted by Crippen LogP contribution is -2.58. The molecule has 0 aromatic heterocycles. The number of likely N-dealkylation sites (tertiary alicyclic amines) is 1. The fourth-order valence-electron chi connectivity index (χ4n) is 5.48. The number of fused-ring (bicyclic) bond motifs is 4. The number of nitrogens with two attached hydrogens (primary N) is 1. The summed E-state index contributed by atoms with van der Waals surface area (Å²) in [5.74, 6) is 0.616. The second-order valence-electron chi connectivity index (χ2n) is 8.86. The molecule has 4 atom stereocenters. The van der Waals surface area contributed by atoms with Gasteiger partial charge in [-0.05, 0) is 79.7 Å². The van der Waals surface area contributed by atoms with E-state index in [1.54, 1.807) is 30.3 Å². The molecular formula is C24H31N3O3. The van der Waals surface area contributed by atoms with Crippen molar-refractivity contribution >= 4 is 5.91 Å². The second kappa shape index (κ2) is 8.02. The number of carbonyl (C=O) groups is 1. The van der Waals surface area contributed by atoms with Crippen LogP contribution in [0.5, 0.6) is 5.75 Å². The summed E-state index contributed by atoms with van der Waals surface area (Å²) in [7, 11) is 2.19. The second-order valence-corrected chi connectivity index (χ2v) is 8.86. The van der Waals surface area contributed by atoms with Crippen LogP contribution in [0.3, 0.4) is 0 Å². The number of amides is 1. The Kier molecular flexibility index (Phi) is 5.57. The Bertz CT molecular complexity index is 928. The molecule has 1 unspecified atom stereocenters. The van der Waals surface area contributed by atoms with Crippen LogP contribution in [0.1, 0.15) is 53.0 Å². The number of aromatic hydroxyl groups is 1. The average molecular weight is 410 g/mol. The van der Waals surface area contributed by atoms with Crippen molar-refractivity contribution in [2.24, 2.45) is 11.7 Å². The van der Waals surface area contributed by atoms with Gasteiger partial charge in [-0.3, -0.25) is 4.79 Å². The fraction of sp³-hybridized carbons (Fsp3) is 0.458. The molecular weight excluding hydrogens is 378 g/mol. The number of phenolic OH excluding ortho intramolecular Hbond substituents is 1. The summed E-state index contributed by atoms with van der Waals surface area (Å²) in [6.45, 7) is 3.89. The van der Waals surface area contributed by atoms with Gasteiger partial charge in [-0.15, -0.1) is 0 Å². The van der Waals surface area contributed by atoms with Gasteiger partial charge in [-0.25, -0.2) is 0 Å². The molecule has 2 aliphatic rings. The first kappa shape index (κ1) is 20.8. The maximum Gasteiger partial charge on any atom is 0.251 e. The zero-order valence-corrected chi connectivity index (χ0v) is 17.6. The lowest BCUT2D eigenvalue weighted by Gasteiger charge is -2.55. The predicted octanol–water partition coefficient (Wildman–Crippen LogP) is 2.30. The molecule has 5 N–H and O–H groups in total. The number of aliphatic hydroxyl groups is 1. The van der Waals surface area contributed by atoms with E-state index in [-0.39, 0.29) is 11.3 Å². The van der Waals surface area contributed by atoms with E-state index in [0.717, 1.165) is 25.8 Å². The maximum absolute atomic E-state index is 12.6. The zero-order chi connectivity index (χ0) is 21.5. The van der Waals surface area contributed by atoms with Crippen molar-refractivity contribution in [1.29, 1.82) is 0 Å². The SMILES string of the molecule is C[C@H]1[C@H]2Cc3ccc(O)cc3[C@]1(CCNC(=O)c1ccc(C(N)O)cc1)CCN2C. The van der Waals surface area contributed by atoms with E-state index in [9.17, 15) is 15.0 Å². The quantitative estimate of drug-likeness (QED) is 0.568. The Morgan fingerprint density at radius 2 is 2.03 bits per heavy atom. The molecule has 160 valence electrons. The molecule has 2 aromatic carbocycles. The minimum absolute atomic E-state index is 0.0513. The van der Waals surface area contributed by atoms with Crippen LogP contribution >= 0.6 is 0 Å². The Morgan fingerprint density at radius 3 is 2.73 bits per heavy atom. The molecule has 4 rings (SSSR count). The van der Waals surface area contributed by atoms with Crippen LogP contribution in [-0.2, 0) is 11.8 Å². The lowest BCUT2D eigenvalue weighted by atomic mass is 9.56. The van der Waals surface area contributed by atoms with Gasteiger partial charge in [0.1, 0.15) is 12.0 Å². The highest BCUT2D eigenvalue weighted by atomic mass is 16.3. The minimum atomic E-state index is -1.04. The summed E-state index contributed by atoms with van der Waals surface area (Å²) in [5.41, 5.74) is 9.09. The number of nitrogens with one attached hydrogen (secondary N) is 1. The molecule has 0 spiro atoms. The van der Waals surface area contributed by atoms with Crippen LogP contribution in [0.15, 0.2) is 42.5 Å². The van der Waals surface area contributed by atoms with Crippen LogP contribution in [0, 0.1) is 5.92 Å². The zero-order valence-electron chi connectivity index (χ0n) is 17.6. The van der Waals surface area contributed by atoms with Gasteiger partial charge in [0.2, 0.25) is 0 Å². The molecule has 0 saturated carbocycles. The summed E-state index contributed by atoms with van der Waals surface area (Å²) in [6, 6.07) is 13.0. The smallest absolute Gasteiger partial charge is 0.251 e. The van der Waals surface area contributed by atoms with Gasteiger partial charge >= 0.3 is 0 Å². The number of nitrogens with zero attached hydrogens (tertiary/aromatic N) is 1. The van der Waals surface area contributed by atoms with Gasteiger partial charge < -0.3 is 26.2 Å². The average Bonchev–Trinajstić information content (AvgIpc) is 2.73. The van der Waals surface area contributed by atoms with Crippen molar-refractivity contribution in [1.82, 2.24) is 10.2 Å².